The van der Waals surface area contributed by atoms with Gasteiger partial charge in [-0.1, -0.05) is 6.42 Å². The number of rotatable bonds is 5. The summed E-state index contributed by atoms with van der Waals surface area (Å²) in [5, 5.41) is 10.9. The molecule has 0 radical (unpaired) electrons. The van der Waals surface area contributed by atoms with Gasteiger partial charge in [-0.3, -0.25) is 9.69 Å². The van der Waals surface area contributed by atoms with Crippen LogP contribution in [0.1, 0.15) is 31.4 Å². The third kappa shape index (κ3) is 4.67. The molecule has 1 aromatic rings. The van der Waals surface area contributed by atoms with Gasteiger partial charge < -0.3 is 14.9 Å². The van der Waals surface area contributed by atoms with E-state index >= 15 is 0 Å². The van der Waals surface area contributed by atoms with Crippen molar-refractivity contribution in [2.24, 2.45) is 0 Å². The van der Waals surface area contributed by atoms with Gasteiger partial charge in [0, 0.05) is 31.9 Å². The third-order valence-electron chi connectivity index (χ3n) is 5.21. The molecule has 1 aromatic heterocycles. The smallest absolute Gasteiger partial charge is 0.236 e. The maximum atomic E-state index is 12.5. The van der Waals surface area contributed by atoms with Gasteiger partial charge in [0.15, 0.2) is 0 Å². The fourth-order valence-corrected chi connectivity index (χ4v) is 3.75. The number of aliphatic hydroxyl groups is 1. The van der Waals surface area contributed by atoms with Gasteiger partial charge in [-0.2, -0.15) is 0 Å². The van der Waals surface area contributed by atoms with E-state index in [0.29, 0.717) is 26.1 Å². The minimum atomic E-state index is -0.884. The first-order valence-corrected chi connectivity index (χ1v) is 9.17. The Bertz CT molecular complexity index is 605. The third-order valence-corrected chi connectivity index (χ3v) is 5.21. The number of hydrogen-bond acceptors (Lipinski definition) is 6. The number of carbonyl (C=O) groups excluding carboxylic acids is 1. The van der Waals surface area contributed by atoms with Crippen LogP contribution in [0, 0.1) is 6.92 Å². The number of likely N-dealkylation sites (tertiary alicyclic amines) is 1. The molecule has 2 aliphatic heterocycles. The average Bonchev–Trinajstić information content (AvgIpc) is 2.97. The Hall–Kier alpha value is -1.73. The summed E-state index contributed by atoms with van der Waals surface area (Å²) < 4.78 is 0. The molecule has 25 heavy (non-hydrogen) atoms. The molecule has 0 bridgehead atoms. The molecule has 7 heteroatoms. The lowest BCUT2D eigenvalue weighted by molar-refractivity contribution is -0.134. The van der Waals surface area contributed by atoms with Crippen LogP contribution < -0.4 is 4.90 Å². The second-order valence-electron chi connectivity index (χ2n) is 7.50. The van der Waals surface area contributed by atoms with Crippen LogP contribution in [-0.2, 0) is 4.79 Å². The number of piperidine rings is 1. The lowest BCUT2D eigenvalue weighted by atomic mass is 10.0. The molecule has 1 atom stereocenters. The Morgan fingerprint density at radius 3 is 2.76 bits per heavy atom. The average molecular weight is 347 g/mol. The number of β-amino-alcohol motifs (C(OH)–C–C–N with tert-alkyl or cyclic N) is 1. The van der Waals surface area contributed by atoms with E-state index in [4.69, 9.17) is 0 Å². The van der Waals surface area contributed by atoms with Crippen molar-refractivity contribution < 1.29 is 9.90 Å². The standard InChI is InChI=1S/C18H29N5O2/c1-15-10-16(20-14-19-15)23-9-6-18(25,13-23)12-21(2)17(24)11-22-7-4-3-5-8-22/h10,14,25H,3-9,11-13H2,1-2H3/t18-/m0/s1. The van der Waals surface area contributed by atoms with Crippen LogP contribution in [0.25, 0.3) is 0 Å². The molecule has 138 valence electrons. The Balaban J connectivity index is 1.53. The molecular weight excluding hydrogens is 318 g/mol. The van der Waals surface area contributed by atoms with Crippen LogP contribution in [0.4, 0.5) is 5.82 Å². The molecule has 3 heterocycles. The molecule has 0 unspecified atom stereocenters. The molecule has 2 aliphatic rings. The number of nitrogens with zero attached hydrogens (tertiary/aromatic N) is 5. The van der Waals surface area contributed by atoms with E-state index in [9.17, 15) is 9.90 Å². The Labute approximate surface area is 149 Å². The van der Waals surface area contributed by atoms with Gasteiger partial charge in [0.25, 0.3) is 0 Å². The predicted octanol–water partition coefficient (Wildman–Crippen LogP) is 0.671. The largest absolute Gasteiger partial charge is 0.386 e. The summed E-state index contributed by atoms with van der Waals surface area (Å²) in [6.45, 7) is 5.99. The van der Waals surface area contributed by atoms with Crippen LogP contribution in [0.2, 0.25) is 0 Å². The van der Waals surface area contributed by atoms with Gasteiger partial charge in [0.05, 0.1) is 13.1 Å². The fraction of sp³-hybridized carbons (Fsp3) is 0.722. The molecule has 1 amide bonds. The van der Waals surface area contributed by atoms with E-state index in [2.05, 4.69) is 19.8 Å². The number of aryl methyl sites for hydroxylation is 1. The Morgan fingerprint density at radius 2 is 2.04 bits per heavy atom. The minimum absolute atomic E-state index is 0.0895. The summed E-state index contributed by atoms with van der Waals surface area (Å²) in [5.41, 5.74) is 0.0276. The Kier molecular flexibility index (Phi) is 5.54. The van der Waals surface area contributed by atoms with Crippen LogP contribution in [0.3, 0.4) is 0 Å². The quantitative estimate of drug-likeness (QED) is 0.844. The van der Waals surface area contributed by atoms with Gasteiger partial charge >= 0.3 is 0 Å². The van der Waals surface area contributed by atoms with Crippen molar-refractivity contribution in [1.29, 1.82) is 0 Å². The summed E-state index contributed by atoms with van der Waals surface area (Å²) >= 11 is 0. The highest BCUT2D eigenvalue weighted by Crippen LogP contribution is 2.26. The summed E-state index contributed by atoms with van der Waals surface area (Å²) in [6, 6.07) is 1.93. The highest BCUT2D eigenvalue weighted by Gasteiger charge is 2.38. The summed E-state index contributed by atoms with van der Waals surface area (Å²) in [5.74, 6) is 0.928. The number of anilines is 1. The zero-order valence-corrected chi connectivity index (χ0v) is 15.3. The molecule has 0 spiro atoms. The van der Waals surface area contributed by atoms with E-state index in [0.717, 1.165) is 31.1 Å². The van der Waals surface area contributed by atoms with E-state index in [1.165, 1.54) is 19.3 Å². The van der Waals surface area contributed by atoms with E-state index < -0.39 is 5.60 Å². The zero-order valence-electron chi connectivity index (χ0n) is 15.3. The number of amides is 1. The van der Waals surface area contributed by atoms with E-state index in [-0.39, 0.29) is 5.91 Å². The van der Waals surface area contributed by atoms with Crippen LogP contribution >= 0.6 is 0 Å². The van der Waals surface area contributed by atoms with Gasteiger partial charge in [0.1, 0.15) is 17.7 Å². The second kappa shape index (κ2) is 7.66. The minimum Gasteiger partial charge on any atom is -0.386 e. The zero-order chi connectivity index (χ0) is 17.9. The van der Waals surface area contributed by atoms with Crippen LogP contribution in [0.15, 0.2) is 12.4 Å². The first-order chi connectivity index (χ1) is 12.0. The first kappa shape index (κ1) is 18.1. The van der Waals surface area contributed by atoms with Crippen molar-refractivity contribution in [2.45, 2.75) is 38.2 Å². The molecule has 0 aliphatic carbocycles. The Morgan fingerprint density at radius 1 is 1.28 bits per heavy atom. The van der Waals surface area contributed by atoms with E-state index in [1.807, 2.05) is 13.0 Å². The fourth-order valence-electron chi connectivity index (χ4n) is 3.75. The van der Waals surface area contributed by atoms with Gasteiger partial charge in [0.2, 0.25) is 5.91 Å². The molecule has 2 saturated heterocycles. The van der Waals surface area contributed by atoms with E-state index in [1.54, 1.807) is 18.3 Å². The molecule has 1 N–H and O–H groups in total. The second-order valence-corrected chi connectivity index (χ2v) is 7.50. The maximum absolute atomic E-state index is 12.5. The normalized spacial score (nSPS) is 24.5. The van der Waals surface area contributed by atoms with Crippen LogP contribution in [-0.4, -0.2) is 82.7 Å². The van der Waals surface area contributed by atoms with Crippen molar-refractivity contribution in [1.82, 2.24) is 19.8 Å². The highest BCUT2D eigenvalue weighted by atomic mass is 16.3. The van der Waals surface area contributed by atoms with Crippen molar-refractivity contribution in [3.63, 3.8) is 0 Å². The van der Waals surface area contributed by atoms with Crippen molar-refractivity contribution in [3.05, 3.63) is 18.1 Å². The van der Waals surface area contributed by atoms with Gasteiger partial charge in [-0.15, -0.1) is 0 Å². The topological polar surface area (TPSA) is 72.8 Å². The monoisotopic (exact) mass is 347 g/mol. The van der Waals surface area contributed by atoms with Crippen molar-refractivity contribution >= 4 is 11.7 Å². The molecule has 7 nitrogen and oxygen atoms in total. The highest BCUT2D eigenvalue weighted by molar-refractivity contribution is 5.78. The van der Waals surface area contributed by atoms with Crippen molar-refractivity contribution in [3.8, 4) is 0 Å². The first-order valence-electron chi connectivity index (χ1n) is 9.17. The molecule has 0 saturated carbocycles. The van der Waals surface area contributed by atoms with Gasteiger partial charge in [-0.05, 0) is 39.3 Å². The predicted molar refractivity (Wildman–Crippen MR) is 96.5 cm³/mol. The van der Waals surface area contributed by atoms with Crippen LogP contribution in [0.5, 0.6) is 0 Å². The van der Waals surface area contributed by atoms with Crippen molar-refractivity contribution in [2.75, 3.05) is 51.2 Å². The number of hydrogen-bond donors (Lipinski definition) is 1. The SMILES string of the molecule is Cc1cc(N2CC[C@](O)(CN(C)C(=O)CN3CCCCC3)C2)ncn1. The molecule has 0 aromatic carbocycles. The lowest BCUT2D eigenvalue weighted by Crippen LogP contribution is -2.48. The lowest BCUT2D eigenvalue weighted by Gasteiger charge is -2.32. The summed E-state index contributed by atoms with van der Waals surface area (Å²) in [4.78, 5) is 26.9. The number of aromatic nitrogens is 2. The summed E-state index contributed by atoms with van der Waals surface area (Å²) in [6.07, 6.45) is 5.80. The molecule has 2 fully saturated rings. The number of carbonyl (C=O) groups is 1. The molecule has 3 rings (SSSR count). The maximum Gasteiger partial charge on any atom is 0.236 e. The molecular formula is C18H29N5O2. The van der Waals surface area contributed by atoms with Gasteiger partial charge in [-0.25, -0.2) is 9.97 Å². The number of likely N-dealkylation sites (N-methyl/N-ethyl adjacent to an activating group) is 1. The summed E-state index contributed by atoms with van der Waals surface area (Å²) in [7, 11) is 1.79.